The third-order valence-electron chi connectivity index (χ3n) is 5.30. The summed E-state index contributed by atoms with van der Waals surface area (Å²) in [4.78, 5) is 28.1. The van der Waals surface area contributed by atoms with E-state index in [1.165, 1.54) is 4.90 Å². The normalized spacial score (nSPS) is 21.2. The molecule has 1 aliphatic heterocycles. The van der Waals surface area contributed by atoms with Crippen molar-refractivity contribution in [3.05, 3.63) is 35.9 Å². The molecule has 1 aromatic rings. The number of amides is 3. The Morgan fingerprint density at radius 2 is 1.84 bits per heavy atom. The van der Waals surface area contributed by atoms with Gasteiger partial charge in [0, 0.05) is 7.05 Å². The van der Waals surface area contributed by atoms with E-state index in [4.69, 9.17) is 4.74 Å². The van der Waals surface area contributed by atoms with Gasteiger partial charge >= 0.3 is 6.03 Å². The van der Waals surface area contributed by atoms with Gasteiger partial charge in [0.15, 0.2) is 0 Å². The molecule has 1 aromatic carbocycles. The highest BCUT2D eigenvalue weighted by molar-refractivity contribution is 6.07. The first-order valence-corrected chi connectivity index (χ1v) is 8.94. The van der Waals surface area contributed by atoms with E-state index in [-0.39, 0.29) is 25.1 Å². The summed E-state index contributed by atoms with van der Waals surface area (Å²) in [6.45, 7) is 0.463. The molecule has 0 unspecified atom stereocenters. The van der Waals surface area contributed by atoms with Crippen molar-refractivity contribution in [2.75, 3.05) is 20.2 Å². The molecule has 25 heavy (non-hydrogen) atoms. The Hall–Kier alpha value is -1.92. The summed E-state index contributed by atoms with van der Waals surface area (Å²) in [5.74, 6) is -0.165. The predicted molar refractivity (Wildman–Crippen MR) is 92.8 cm³/mol. The van der Waals surface area contributed by atoms with Gasteiger partial charge in [-0.3, -0.25) is 9.69 Å². The SMILES string of the molecule is CN1C(=O)N(C[C@@H](O)COCc2ccccc2)C(=O)C12CCCCC2. The van der Waals surface area contributed by atoms with Crippen molar-refractivity contribution >= 4 is 11.9 Å². The Balaban J connectivity index is 1.54. The van der Waals surface area contributed by atoms with Gasteiger partial charge in [-0.25, -0.2) is 4.79 Å². The van der Waals surface area contributed by atoms with E-state index < -0.39 is 11.6 Å². The summed E-state index contributed by atoms with van der Waals surface area (Å²) in [5, 5.41) is 10.2. The lowest BCUT2D eigenvalue weighted by atomic mass is 9.81. The monoisotopic (exact) mass is 346 g/mol. The van der Waals surface area contributed by atoms with Crippen LogP contribution in [0, 0.1) is 0 Å². The average Bonchev–Trinajstić information content (AvgIpc) is 2.80. The number of hydrogen-bond acceptors (Lipinski definition) is 4. The number of urea groups is 1. The summed E-state index contributed by atoms with van der Waals surface area (Å²) in [7, 11) is 1.70. The standard InChI is InChI=1S/C19H26N2O4/c1-20-18(24)21(17(23)19(20)10-6-3-7-11-19)12-16(22)14-25-13-15-8-4-2-5-9-15/h2,4-5,8-9,16,22H,3,6-7,10-14H2,1H3/t16-/m1/s1. The third-order valence-corrected chi connectivity index (χ3v) is 5.30. The summed E-state index contributed by atoms with van der Waals surface area (Å²) in [6.07, 6.45) is 3.56. The van der Waals surface area contributed by atoms with Crippen molar-refractivity contribution in [1.29, 1.82) is 0 Å². The number of aliphatic hydroxyl groups is 1. The van der Waals surface area contributed by atoms with Gasteiger partial charge in [-0.2, -0.15) is 0 Å². The first-order valence-electron chi connectivity index (χ1n) is 8.94. The molecule has 3 rings (SSSR count). The maximum absolute atomic E-state index is 12.8. The van der Waals surface area contributed by atoms with E-state index in [9.17, 15) is 14.7 Å². The molecule has 6 heteroatoms. The third kappa shape index (κ3) is 3.55. The number of carbonyl (C=O) groups is 2. The number of aliphatic hydroxyl groups excluding tert-OH is 1. The quantitative estimate of drug-likeness (QED) is 0.802. The molecule has 1 atom stereocenters. The summed E-state index contributed by atoms with van der Waals surface area (Å²) in [5.41, 5.74) is 0.323. The number of rotatable bonds is 6. The van der Waals surface area contributed by atoms with Crippen LogP contribution in [-0.4, -0.2) is 58.7 Å². The van der Waals surface area contributed by atoms with Crippen LogP contribution in [0.1, 0.15) is 37.7 Å². The molecule has 1 heterocycles. The molecule has 1 aliphatic carbocycles. The maximum atomic E-state index is 12.8. The number of imide groups is 1. The molecule has 1 saturated carbocycles. The van der Waals surface area contributed by atoms with E-state index in [1.807, 2.05) is 30.3 Å². The van der Waals surface area contributed by atoms with Crippen LogP contribution in [0.4, 0.5) is 4.79 Å². The van der Waals surface area contributed by atoms with Crippen molar-refractivity contribution in [1.82, 2.24) is 9.80 Å². The molecule has 2 fully saturated rings. The molecule has 1 spiro atoms. The number of carbonyl (C=O) groups excluding carboxylic acids is 2. The van der Waals surface area contributed by atoms with Gasteiger partial charge in [0.05, 0.1) is 25.9 Å². The molecule has 1 N–H and O–H groups in total. The van der Waals surface area contributed by atoms with Gasteiger partial charge < -0.3 is 14.7 Å². The lowest BCUT2D eigenvalue weighted by Crippen LogP contribution is -2.49. The molecule has 0 aromatic heterocycles. The highest BCUT2D eigenvalue weighted by Crippen LogP contribution is 2.39. The van der Waals surface area contributed by atoms with Crippen molar-refractivity contribution in [2.45, 2.75) is 50.4 Å². The Labute approximate surface area is 148 Å². The van der Waals surface area contributed by atoms with Crippen LogP contribution >= 0.6 is 0 Å². The highest BCUT2D eigenvalue weighted by atomic mass is 16.5. The number of likely N-dealkylation sites (N-methyl/N-ethyl adjacent to an activating group) is 1. The fourth-order valence-corrected chi connectivity index (χ4v) is 3.84. The summed E-state index contributed by atoms with van der Waals surface area (Å²) >= 11 is 0. The molecular formula is C19H26N2O4. The topological polar surface area (TPSA) is 70.1 Å². The van der Waals surface area contributed by atoms with Crippen LogP contribution < -0.4 is 0 Å². The van der Waals surface area contributed by atoms with E-state index in [0.717, 1.165) is 24.8 Å². The van der Waals surface area contributed by atoms with Crippen LogP contribution in [0.3, 0.4) is 0 Å². The Morgan fingerprint density at radius 3 is 2.52 bits per heavy atom. The van der Waals surface area contributed by atoms with E-state index >= 15 is 0 Å². The number of nitrogens with zero attached hydrogens (tertiary/aromatic N) is 2. The van der Waals surface area contributed by atoms with Gasteiger partial charge in [-0.05, 0) is 18.4 Å². The largest absolute Gasteiger partial charge is 0.389 e. The number of benzene rings is 1. The van der Waals surface area contributed by atoms with Crippen LogP contribution in [0.15, 0.2) is 30.3 Å². The number of β-amino-alcohol motifs (C(OH)–C–C–N with tert-alkyl or cyclic N) is 1. The van der Waals surface area contributed by atoms with E-state index in [0.29, 0.717) is 19.4 Å². The first kappa shape index (κ1) is 17.9. The van der Waals surface area contributed by atoms with Crippen molar-refractivity contribution in [2.24, 2.45) is 0 Å². The average molecular weight is 346 g/mol. The minimum Gasteiger partial charge on any atom is -0.389 e. The van der Waals surface area contributed by atoms with E-state index in [2.05, 4.69) is 0 Å². The van der Waals surface area contributed by atoms with Crippen molar-refractivity contribution < 1.29 is 19.4 Å². The van der Waals surface area contributed by atoms with Crippen LogP contribution in [0.2, 0.25) is 0 Å². The maximum Gasteiger partial charge on any atom is 0.327 e. The number of ether oxygens (including phenoxy) is 1. The zero-order chi connectivity index (χ0) is 17.9. The van der Waals surface area contributed by atoms with Crippen molar-refractivity contribution in [3.8, 4) is 0 Å². The van der Waals surface area contributed by atoms with Gasteiger partial charge in [-0.15, -0.1) is 0 Å². The fraction of sp³-hybridized carbons (Fsp3) is 0.579. The second-order valence-corrected chi connectivity index (χ2v) is 7.00. The van der Waals surface area contributed by atoms with Gasteiger partial charge in [0.2, 0.25) is 0 Å². The summed E-state index contributed by atoms with van der Waals surface area (Å²) < 4.78 is 5.51. The molecular weight excluding hydrogens is 320 g/mol. The summed E-state index contributed by atoms with van der Waals surface area (Å²) in [6, 6.07) is 9.37. The zero-order valence-electron chi connectivity index (χ0n) is 14.7. The Bertz CT molecular complexity index is 613. The number of hydrogen-bond donors (Lipinski definition) is 1. The molecule has 0 radical (unpaired) electrons. The molecule has 0 bridgehead atoms. The van der Waals surface area contributed by atoms with Crippen LogP contribution in [-0.2, 0) is 16.1 Å². The molecule has 136 valence electrons. The molecule has 6 nitrogen and oxygen atoms in total. The van der Waals surface area contributed by atoms with Gasteiger partial charge in [0.25, 0.3) is 5.91 Å². The van der Waals surface area contributed by atoms with Crippen molar-refractivity contribution in [3.63, 3.8) is 0 Å². The Kier molecular flexibility index (Phi) is 5.39. The lowest BCUT2D eigenvalue weighted by Gasteiger charge is -2.35. The minimum atomic E-state index is -0.885. The van der Waals surface area contributed by atoms with Gasteiger partial charge in [0.1, 0.15) is 5.54 Å². The molecule has 3 amide bonds. The fourth-order valence-electron chi connectivity index (χ4n) is 3.84. The second-order valence-electron chi connectivity index (χ2n) is 7.00. The second kappa shape index (κ2) is 7.54. The minimum absolute atomic E-state index is 0.0153. The zero-order valence-corrected chi connectivity index (χ0v) is 14.7. The van der Waals surface area contributed by atoms with Gasteiger partial charge in [-0.1, -0.05) is 49.6 Å². The van der Waals surface area contributed by atoms with Crippen LogP contribution in [0.25, 0.3) is 0 Å². The van der Waals surface area contributed by atoms with Crippen LogP contribution in [0.5, 0.6) is 0 Å². The van der Waals surface area contributed by atoms with E-state index in [1.54, 1.807) is 11.9 Å². The predicted octanol–water partition coefficient (Wildman–Crippen LogP) is 2.16. The molecule has 1 saturated heterocycles. The smallest absolute Gasteiger partial charge is 0.327 e. The first-order chi connectivity index (χ1) is 12.0. The lowest BCUT2D eigenvalue weighted by molar-refractivity contribution is -0.135. The Morgan fingerprint density at radius 1 is 1.16 bits per heavy atom. The highest BCUT2D eigenvalue weighted by Gasteiger charge is 2.55. The molecule has 2 aliphatic rings.